The molecule has 0 spiro atoms. The van der Waals surface area contributed by atoms with Gasteiger partial charge < -0.3 is 15.3 Å². The second-order valence-corrected chi connectivity index (χ2v) is 5.78. The molecule has 0 aliphatic carbocycles. The van der Waals surface area contributed by atoms with Crippen LogP contribution in [0.15, 0.2) is 41.6 Å². The largest absolute Gasteiger partial charge is 0.482 e. The fourth-order valence-corrected chi connectivity index (χ4v) is 2.17. The maximum Gasteiger partial charge on any atom is 0.372 e. The average molecular weight is 378 g/mol. The molecule has 0 aliphatic rings. The van der Waals surface area contributed by atoms with Crippen LogP contribution in [-0.4, -0.2) is 23.3 Å². The molecule has 136 valence electrons. The molecule has 0 amide bonds. The maximum absolute atomic E-state index is 11.7. The lowest BCUT2D eigenvalue weighted by molar-refractivity contribution is -0.384. The number of nitro benzene ring substituents is 1. The number of nitrogens with zero attached hydrogens (tertiary/aromatic N) is 2. The monoisotopic (exact) mass is 377 g/mol. The van der Waals surface area contributed by atoms with Crippen molar-refractivity contribution in [2.24, 2.45) is 10.9 Å². The van der Waals surface area contributed by atoms with Gasteiger partial charge in [0.05, 0.1) is 4.92 Å². The molecule has 0 saturated heterocycles. The Hall–Kier alpha value is -3.13. The van der Waals surface area contributed by atoms with Gasteiger partial charge in [-0.1, -0.05) is 16.8 Å². The summed E-state index contributed by atoms with van der Waals surface area (Å²) < 4.78 is 5.35. The predicted molar refractivity (Wildman–Crippen MR) is 96.3 cm³/mol. The summed E-state index contributed by atoms with van der Waals surface area (Å²) in [6, 6.07) is 8.76. The number of benzene rings is 2. The van der Waals surface area contributed by atoms with E-state index in [1.165, 1.54) is 24.3 Å². The second-order valence-electron chi connectivity index (χ2n) is 5.40. The summed E-state index contributed by atoms with van der Waals surface area (Å²) in [5.41, 5.74) is 7.64. The molecule has 8 nitrogen and oxygen atoms in total. The Morgan fingerprint density at radius 2 is 1.81 bits per heavy atom. The van der Waals surface area contributed by atoms with Gasteiger partial charge in [0, 0.05) is 22.7 Å². The first-order valence-electron chi connectivity index (χ1n) is 7.45. The zero-order valence-corrected chi connectivity index (χ0v) is 14.8. The topological polar surface area (TPSA) is 117 Å². The summed E-state index contributed by atoms with van der Waals surface area (Å²) >= 11 is 6.07. The minimum absolute atomic E-state index is 0.0829. The van der Waals surface area contributed by atoms with Crippen LogP contribution >= 0.6 is 11.6 Å². The zero-order valence-electron chi connectivity index (χ0n) is 14.1. The molecule has 0 aliphatic heterocycles. The quantitative estimate of drug-likeness (QED) is 0.272. The highest BCUT2D eigenvalue weighted by Gasteiger charge is 2.09. The van der Waals surface area contributed by atoms with Gasteiger partial charge >= 0.3 is 5.97 Å². The maximum atomic E-state index is 11.7. The van der Waals surface area contributed by atoms with Crippen molar-refractivity contribution in [3.8, 4) is 5.75 Å². The van der Waals surface area contributed by atoms with Crippen molar-refractivity contribution < 1.29 is 19.3 Å². The molecular formula is C17H16ClN3O5. The van der Waals surface area contributed by atoms with Crippen LogP contribution in [0.1, 0.15) is 16.7 Å². The molecule has 0 fully saturated rings. The standard InChI is InChI=1S/C17H16ClN3O5/c1-10-7-14(8-11(2)16(10)18)25-9-15(22)26-20-17(19)12-3-5-13(6-4-12)21(23)24/h3-8H,9H2,1-2H3,(H2,19,20). The highest BCUT2D eigenvalue weighted by molar-refractivity contribution is 6.32. The molecule has 0 heterocycles. The lowest BCUT2D eigenvalue weighted by Gasteiger charge is -2.08. The fourth-order valence-electron chi connectivity index (χ4n) is 2.06. The summed E-state index contributed by atoms with van der Waals surface area (Å²) in [4.78, 5) is 26.5. The number of hydrogen-bond acceptors (Lipinski definition) is 6. The summed E-state index contributed by atoms with van der Waals surface area (Å²) in [6.45, 7) is 3.29. The van der Waals surface area contributed by atoms with Crippen molar-refractivity contribution in [3.05, 3.63) is 68.2 Å². The van der Waals surface area contributed by atoms with Crippen LogP contribution in [0.2, 0.25) is 5.02 Å². The Bertz CT molecular complexity index is 842. The third-order valence-electron chi connectivity index (χ3n) is 3.39. The van der Waals surface area contributed by atoms with Crippen LogP contribution < -0.4 is 10.5 Å². The smallest absolute Gasteiger partial charge is 0.372 e. The molecular weight excluding hydrogens is 362 g/mol. The number of hydrogen-bond donors (Lipinski definition) is 1. The first-order chi connectivity index (χ1) is 12.3. The van der Waals surface area contributed by atoms with Crippen molar-refractivity contribution in [1.29, 1.82) is 0 Å². The van der Waals surface area contributed by atoms with Gasteiger partial charge in [-0.05, 0) is 49.2 Å². The molecule has 9 heteroatoms. The number of amidine groups is 1. The number of aryl methyl sites for hydroxylation is 2. The number of ether oxygens (including phenoxy) is 1. The van der Waals surface area contributed by atoms with E-state index < -0.39 is 10.9 Å². The molecule has 0 radical (unpaired) electrons. The Labute approximate surface area is 154 Å². The summed E-state index contributed by atoms with van der Waals surface area (Å²) in [5, 5.41) is 14.7. The first-order valence-corrected chi connectivity index (χ1v) is 7.83. The molecule has 0 saturated carbocycles. The van der Waals surface area contributed by atoms with E-state index in [0.29, 0.717) is 16.3 Å². The zero-order chi connectivity index (χ0) is 19.3. The number of non-ortho nitro benzene ring substituents is 1. The van der Waals surface area contributed by atoms with Crippen molar-refractivity contribution >= 4 is 29.1 Å². The predicted octanol–water partition coefficient (Wildman–Crippen LogP) is 3.11. The van der Waals surface area contributed by atoms with Crippen molar-refractivity contribution in [2.45, 2.75) is 13.8 Å². The molecule has 2 rings (SSSR count). The summed E-state index contributed by atoms with van der Waals surface area (Å²) in [6.07, 6.45) is 0. The van der Waals surface area contributed by atoms with E-state index in [1.807, 2.05) is 13.8 Å². The Balaban J connectivity index is 1.93. The molecule has 0 aromatic heterocycles. The van der Waals surface area contributed by atoms with Crippen molar-refractivity contribution in [3.63, 3.8) is 0 Å². The third kappa shape index (κ3) is 4.93. The summed E-state index contributed by atoms with van der Waals surface area (Å²) in [5.74, 6) is -0.361. The highest BCUT2D eigenvalue weighted by atomic mass is 35.5. The van der Waals surface area contributed by atoms with Crippen molar-refractivity contribution in [2.75, 3.05) is 6.61 Å². The minimum atomic E-state index is -0.750. The van der Waals surface area contributed by atoms with Gasteiger partial charge in [-0.15, -0.1) is 0 Å². The van der Waals surface area contributed by atoms with E-state index in [9.17, 15) is 14.9 Å². The number of carbonyl (C=O) groups is 1. The van der Waals surface area contributed by atoms with Crippen LogP contribution in [0.4, 0.5) is 5.69 Å². The normalized spacial score (nSPS) is 11.1. The van der Waals surface area contributed by atoms with Crippen molar-refractivity contribution in [1.82, 2.24) is 0 Å². The molecule has 2 N–H and O–H groups in total. The van der Waals surface area contributed by atoms with Gasteiger partial charge in [-0.3, -0.25) is 10.1 Å². The molecule has 2 aromatic rings. The number of carbonyl (C=O) groups excluding carboxylic acids is 1. The second kappa shape index (κ2) is 8.30. The molecule has 26 heavy (non-hydrogen) atoms. The van der Waals surface area contributed by atoms with E-state index in [4.69, 9.17) is 22.1 Å². The van der Waals surface area contributed by atoms with Gasteiger partial charge in [0.25, 0.3) is 5.69 Å². The lowest BCUT2D eigenvalue weighted by atomic mass is 10.1. The molecule has 0 bridgehead atoms. The van der Waals surface area contributed by atoms with E-state index in [-0.39, 0.29) is 18.1 Å². The molecule has 0 atom stereocenters. The van der Waals surface area contributed by atoms with E-state index >= 15 is 0 Å². The number of rotatable bonds is 6. The Morgan fingerprint density at radius 3 is 2.35 bits per heavy atom. The van der Waals surface area contributed by atoms with Crippen LogP contribution in [0.25, 0.3) is 0 Å². The first kappa shape index (κ1) is 19.2. The van der Waals surface area contributed by atoms with Gasteiger partial charge in [0.15, 0.2) is 12.4 Å². The number of halogens is 1. The van der Waals surface area contributed by atoms with Crippen LogP contribution in [0.3, 0.4) is 0 Å². The Kier molecular flexibility index (Phi) is 6.13. The molecule has 2 aromatic carbocycles. The van der Waals surface area contributed by atoms with E-state index in [1.54, 1.807) is 12.1 Å². The third-order valence-corrected chi connectivity index (χ3v) is 3.98. The fraction of sp³-hybridized carbons (Fsp3) is 0.176. The van der Waals surface area contributed by atoms with Gasteiger partial charge in [0.2, 0.25) is 0 Å². The van der Waals surface area contributed by atoms with Gasteiger partial charge in [-0.2, -0.15) is 0 Å². The average Bonchev–Trinajstić information content (AvgIpc) is 2.62. The number of oxime groups is 1. The highest BCUT2D eigenvalue weighted by Crippen LogP contribution is 2.25. The summed E-state index contributed by atoms with van der Waals surface area (Å²) in [7, 11) is 0. The minimum Gasteiger partial charge on any atom is -0.482 e. The lowest BCUT2D eigenvalue weighted by Crippen LogP contribution is -2.18. The van der Waals surface area contributed by atoms with Crippen LogP contribution in [0, 0.1) is 24.0 Å². The molecule has 0 unspecified atom stereocenters. The van der Waals surface area contributed by atoms with Gasteiger partial charge in [0.1, 0.15) is 5.75 Å². The van der Waals surface area contributed by atoms with E-state index in [0.717, 1.165) is 11.1 Å². The van der Waals surface area contributed by atoms with Gasteiger partial charge in [-0.25, -0.2) is 4.79 Å². The van der Waals surface area contributed by atoms with Crippen LogP contribution in [-0.2, 0) is 9.63 Å². The van der Waals surface area contributed by atoms with Crippen LogP contribution in [0.5, 0.6) is 5.75 Å². The SMILES string of the molecule is Cc1cc(OCC(=O)O/N=C(\N)c2ccc([N+](=O)[O-])cc2)cc(C)c1Cl. The van der Waals surface area contributed by atoms with E-state index in [2.05, 4.69) is 9.99 Å². The number of nitro groups is 1. The Morgan fingerprint density at radius 1 is 1.23 bits per heavy atom. The number of nitrogens with two attached hydrogens (primary N) is 1.